The van der Waals surface area contributed by atoms with E-state index in [1.807, 2.05) is 18.2 Å². The second kappa shape index (κ2) is 12.3. The second-order valence-corrected chi connectivity index (χ2v) is 11.1. The molecule has 4 aromatic carbocycles. The van der Waals surface area contributed by atoms with Crippen LogP contribution >= 0.6 is 0 Å². The Morgan fingerprint density at radius 3 is 2.04 bits per heavy atom. The number of phenolic OH excluding ortho intramolecular Hbond substituents is 4. The Morgan fingerprint density at radius 1 is 0.644 bits per heavy atom. The van der Waals surface area contributed by atoms with Crippen LogP contribution in [0.15, 0.2) is 78.9 Å². The molecule has 0 unspecified atom stereocenters. The second-order valence-electron chi connectivity index (χ2n) is 11.1. The summed E-state index contributed by atoms with van der Waals surface area (Å²) in [5, 5.41) is 80.5. The highest BCUT2D eigenvalue weighted by molar-refractivity contribution is 5.72. The van der Waals surface area contributed by atoms with Gasteiger partial charge in [0.2, 0.25) is 6.29 Å². The number of hydrogen-bond acceptors (Lipinski definition) is 11. The van der Waals surface area contributed by atoms with Gasteiger partial charge in [0.05, 0.1) is 12.5 Å². The smallest absolute Gasteiger partial charge is 0.229 e. The third kappa shape index (κ3) is 6.25. The summed E-state index contributed by atoms with van der Waals surface area (Å²) < 4.78 is 17.4. The quantitative estimate of drug-likeness (QED) is 0.142. The van der Waals surface area contributed by atoms with Crippen molar-refractivity contribution in [1.82, 2.24) is 0 Å². The maximum absolute atomic E-state index is 10.3. The lowest BCUT2D eigenvalue weighted by molar-refractivity contribution is -0.277. The van der Waals surface area contributed by atoms with Crippen molar-refractivity contribution in [2.45, 2.75) is 42.7 Å². The molecule has 8 N–H and O–H groups in total. The monoisotopic (exact) mass is 616 g/mol. The van der Waals surface area contributed by atoms with Gasteiger partial charge in [-0.25, -0.2) is 0 Å². The Morgan fingerprint density at radius 2 is 1.33 bits per heavy atom. The minimum absolute atomic E-state index is 0.0930. The number of phenols is 4. The van der Waals surface area contributed by atoms with Crippen LogP contribution in [-0.4, -0.2) is 78.2 Å². The lowest BCUT2D eigenvalue weighted by Gasteiger charge is -2.39. The fraction of sp³-hybridized carbons (Fsp3) is 0.235. The molecule has 6 rings (SSSR count). The van der Waals surface area contributed by atoms with Crippen LogP contribution in [0.4, 0.5) is 0 Å². The Bertz CT molecular complexity index is 1680. The molecule has 4 aromatic rings. The van der Waals surface area contributed by atoms with Crippen LogP contribution in [-0.2, 0) is 4.74 Å². The average Bonchev–Trinajstić information content (AvgIpc) is 3.39. The third-order valence-electron chi connectivity index (χ3n) is 7.91. The zero-order valence-corrected chi connectivity index (χ0v) is 23.7. The molecule has 45 heavy (non-hydrogen) atoms. The summed E-state index contributed by atoms with van der Waals surface area (Å²) in [5.41, 5.74) is 3.54. The number of aliphatic hydroxyl groups excluding tert-OH is 4. The van der Waals surface area contributed by atoms with Crippen molar-refractivity contribution in [3.05, 3.63) is 107 Å². The summed E-state index contributed by atoms with van der Waals surface area (Å²) in [4.78, 5) is 0. The first kappa shape index (κ1) is 30.3. The summed E-state index contributed by atoms with van der Waals surface area (Å²) in [5.74, 6) is 0.110. The number of aromatic hydroxyl groups is 4. The molecule has 1 fully saturated rings. The minimum Gasteiger partial charge on any atom is -0.508 e. The zero-order valence-electron chi connectivity index (χ0n) is 23.7. The van der Waals surface area contributed by atoms with Gasteiger partial charge in [-0.05, 0) is 70.8 Å². The molecule has 2 heterocycles. The topological polar surface area (TPSA) is 190 Å². The lowest BCUT2D eigenvalue weighted by atomic mass is 9.84. The van der Waals surface area contributed by atoms with Crippen LogP contribution in [0.5, 0.6) is 34.5 Å². The first-order valence-electron chi connectivity index (χ1n) is 14.2. The van der Waals surface area contributed by atoms with Crippen LogP contribution in [0, 0.1) is 0 Å². The van der Waals surface area contributed by atoms with Gasteiger partial charge >= 0.3 is 0 Å². The molecule has 0 spiro atoms. The van der Waals surface area contributed by atoms with Gasteiger partial charge in [0.25, 0.3) is 0 Å². The predicted molar refractivity (Wildman–Crippen MR) is 161 cm³/mol. The van der Waals surface area contributed by atoms with Crippen molar-refractivity contribution < 1.29 is 55.1 Å². The van der Waals surface area contributed by atoms with Crippen molar-refractivity contribution >= 4 is 12.2 Å². The largest absolute Gasteiger partial charge is 0.508 e. The van der Waals surface area contributed by atoms with Gasteiger partial charge in [-0.1, -0.05) is 30.4 Å². The molecular weight excluding hydrogens is 584 g/mol. The van der Waals surface area contributed by atoms with E-state index in [4.69, 9.17) is 14.2 Å². The van der Waals surface area contributed by atoms with E-state index in [1.54, 1.807) is 54.6 Å². The Labute approximate surface area is 257 Å². The Kier molecular flexibility index (Phi) is 8.28. The molecular formula is C34H32O11. The van der Waals surface area contributed by atoms with Crippen LogP contribution < -0.4 is 9.47 Å². The molecule has 0 radical (unpaired) electrons. The Balaban J connectivity index is 1.28. The van der Waals surface area contributed by atoms with E-state index in [0.29, 0.717) is 16.9 Å². The van der Waals surface area contributed by atoms with E-state index in [2.05, 4.69) is 0 Å². The van der Waals surface area contributed by atoms with Crippen molar-refractivity contribution in [3.8, 4) is 34.5 Å². The zero-order chi connectivity index (χ0) is 31.8. The van der Waals surface area contributed by atoms with Gasteiger partial charge in [-0.3, -0.25) is 0 Å². The van der Waals surface area contributed by atoms with Crippen molar-refractivity contribution in [3.63, 3.8) is 0 Å². The maximum atomic E-state index is 10.3. The summed E-state index contributed by atoms with van der Waals surface area (Å²) in [6.07, 6.45) is -4.27. The maximum Gasteiger partial charge on any atom is 0.229 e. The molecule has 2 aliphatic heterocycles. The Hall–Kier alpha value is -4.78. The van der Waals surface area contributed by atoms with Gasteiger partial charge in [-0.2, -0.15) is 0 Å². The lowest BCUT2D eigenvalue weighted by Crippen LogP contribution is -2.60. The molecule has 1 saturated heterocycles. The molecule has 234 valence electrons. The highest BCUT2D eigenvalue weighted by Gasteiger charge is 2.44. The van der Waals surface area contributed by atoms with Crippen LogP contribution in [0.1, 0.15) is 39.8 Å². The summed E-state index contributed by atoms with van der Waals surface area (Å²) in [6.45, 7) is -0.603. The normalized spacial score (nSPS) is 26.0. The van der Waals surface area contributed by atoms with E-state index >= 15 is 0 Å². The standard InChI is InChI=1S/C34H32O11/c35-16-28-30(40)31(41)32(42)34(45-28)43-25-10-18(9-22(37)15-25)2-1-17-3-8-27-26(11-17)29(20-12-23(38)14-24(39)13-20)33(44-27)19-4-6-21(36)7-5-19/h1-15,28-42H,16H2/b2-1-/t28-,29-,30+,31-,32-,33+,34+/m0/s1. The predicted octanol–water partition coefficient (Wildman–Crippen LogP) is 3.12. The molecule has 2 aliphatic rings. The summed E-state index contributed by atoms with van der Waals surface area (Å²) in [7, 11) is 0. The minimum atomic E-state index is -1.61. The molecule has 0 saturated carbocycles. The average molecular weight is 617 g/mol. The van der Waals surface area contributed by atoms with E-state index in [1.165, 1.54) is 18.2 Å². The van der Waals surface area contributed by atoms with E-state index in [9.17, 15) is 40.9 Å². The van der Waals surface area contributed by atoms with Gasteiger partial charge in [0.1, 0.15) is 65.0 Å². The van der Waals surface area contributed by atoms with Gasteiger partial charge in [0, 0.05) is 17.7 Å². The number of ether oxygens (including phenoxy) is 3. The van der Waals surface area contributed by atoms with Crippen molar-refractivity contribution in [2.75, 3.05) is 6.61 Å². The number of hydrogen-bond donors (Lipinski definition) is 8. The molecule has 11 nitrogen and oxygen atoms in total. The first-order chi connectivity index (χ1) is 21.6. The van der Waals surface area contributed by atoms with Gasteiger partial charge < -0.3 is 55.1 Å². The SMILES string of the molecule is OC[C@@H]1O[C@@H](Oc2cc(O)cc(/C=C\c3ccc4c(c3)[C@H](c3cc(O)cc(O)c3)[C@@H](c3ccc(O)cc3)O4)c2)[C@@H](O)[C@@H](O)[C@@H]1O. The van der Waals surface area contributed by atoms with Gasteiger partial charge in [-0.15, -0.1) is 0 Å². The van der Waals surface area contributed by atoms with E-state index in [-0.39, 0.29) is 28.7 Å². The number of benzene rings is 4. The fourth-order valence-corrected chi connectivity index (χ4v) is 5.73. The molecule has 11 heteroatoms. The first-order valence-corrected chi connectivity index (χ1v) is 14.2. The number of aliphatic hydroxyl groups is 4. The highest BCUT2D eigenvalue weighted by Crippen LogP contribution is 2.51. The molecule has 0 aliphatic carbocycles. The van der Waals surface area contributed by atoms with Crippen LogP contribution in [0.2, 0.25) is 0 Å². The van der Waals surface area contributed by atoms with Crippen LogP contribution in [0.3, 0.4) is 0 Å². The molecule has 0 amide bonds. The van der Waals surface area contributed by atoms with E-state index in [0.717, 1.165) is 16.7 Å². The third-order valence-corrected chi connectivity index (χ3v) is 7.91. The molecule has 0 bridgehead atoms. The number of rotatable bonds is 7. The summed E-state index contributed by atoms with van der Waals surface area (Å²) >= 11 is 0. The van der Waals surface area contributed by atoms with Gasteiger partial charge in [0.15, 0.2) is 0 Å². The van der Waals surface area contributed by atoms with Crippen molar-refractivity contribution in [1.29, 1.82) is 0 Å². The fourth-order valence-electron chi connectivity index (χ4n) is 5.73. The van der Waals surface area contributed by atoms with E-state index < -0.39 is 49.3 Å². The molecule has 0 aromatic heterocycles. The van der Waals surface area contributed by atoms with Crippen molar-refractivity contribution in [2.24, 2.45) is 0 Å². The highest BCUT2D eigenvalue weighted by atomic mass is 16.7. The van der Waals surface area contributed by atoms with Crippen LogP contribution in [0.25, 0.3) is 12.2 Å². The number of fused-ring (bicyclic) bond motifs is 1. The molecule has 7 atom stereocenters. The summed E-state index contributed by atoms with van der Waals surface area (Å²) in [6, 6.07) is 21.0.